The monoisotopic (exact) mass is 436 g/mol. The molecule has 0 saturated carbocycles. The van der Waals surface area contributed by atoms with Gasteiger partial charge in [0.25, 0.3) is 0 Å². The van der Waals surface area contributed by atoms with Crippen LogP contribution in [0.25, 0.3) is 11.1 Å². The lowest BCUT2D eigenvalue weighted by atomic mass is 9.82. The molecule has 0 aromatic heterocycles. The maximum atomic E-state index is 3.73. The molecule has 0 unspecified atom stereocenters. The first kappa shape index (κ1) is 32.1. The molecule has 0 aliphatic heterocycles. The summed E-state index contributed by atoms with van der Waals surface area (Å²) in [6.45, 7) is 31.4. The third kappa shape index (κ3) is 8.81. The zero-order valence-corrected chi connectivity index (χ0v) is 23.6. The van der Waals surface area contributed by atoms with E-state index in [9.17, 15) is 0 Å². The van der Waals surface area contributed by atoms with E-state index >= 15 is 0 Å². The topological polar surface area (TPSA) is 0 Å². The van der Waals surface area contributed by atoms with Gasteiger partial charge in [-0.3, -0.25) is 0 Å². The first-order chi connectivity index (χ1) is 15.0. The summed E-state index contributed by atoms with van der Waals surface area (Å²) in [5.74, 6) is 0. The fraction of sp³-hybridized carbons (Fsp3) is 0.500. The first-order valence-corrected chi connectivity index (χ1v) is 12.5. The average Bonchev–Trinajstić information content (AvgIpc) is 2.99. The van der Waals surface area contributed by atoms with Crippen LogP contribution in [0.15, 0.2) is 66.8 Å². The molecule has 1 aliphatic carbocycles. The van der Waals surface area contributed by atoms with E-state index in [1.807, 2.05) is 40.7 Å². The number of allylic oxidation sites excluding steroid dienone is 3. The molecule has 0 amide bonds. The number of fused-ring (bicyclic) bond motifs is 3. The van der Waals surface area contributed by atoms with Gasteiger partial charge in [0, 0.05) is 5.41 Å². The van der Waals surface area contributed by atoms with Crippen LogP contribution >= 0.6 is 0 Å². The summed E-state index contributed by atoms with van der Waals surface area (Å²) in [6.07, 6.45) is 5.27. The predicted molar refractivity (Wildman–Crippen MR) is 151 cm³/mol. The lowest BCUT2D eigenvalue weighted by molar-refractivity contribution is 0.516. The Morgan fingerprint density at radius 2 is 1.34 bits per heavy atom. The minimum atomic E-state index is 0.151. The Kier molecular flexibility index (Phi) is 15.7. The van der Waals surface area contributed by atoms with Crippen molar-refractivity contribution in [3.05, 3.63) is 83.5 Å². The van der Waals surface area contributed by atoms with Crippen LogP contribution in [0.2, 0.25) is 0 Å². The Balaban J connectivity index is 0. The van der Waals surface area contributed by atoms with Crippen LogP contribution < -0.4 is 0 Å². The number of hydrogen-bond acceptors (Lipinski definition) is 0. The molecule has 2 aromatic rings. The molecule has 0 N–H and O–H groups in total. The molecule has 0 atom stereocenters. The smallest absolute Gasteiger partial charge is 0.0158 e. The first-order valence-electron chi connectivity index (χ1n) is 12.5. The standard InChI is InChI=1S/C16H16.C9H16.C3H8.2C2H6/c1-11-8-9-13-12-6-4-5-7-14(12)16(2,3)15(13)10-11;1-6-8(7-2)9(3,4)5;1-3-2;2*1-2/h4-10H,1-3H3;6-7H,1H2,2-5H3;3H2,1-2H3;2*1-2H3/b;8-7+;;;. The van der Waals surface area contributed by atoms with Crippen LogP contribution in [0.1, 0.15) is 106 Å². The van der Waals surface area contributed by atoms with Gasteiger partial charge < -0.3 is 0 Å². The molecule has 2 aromatic carbocycles. The fourth-order valence-electron chi connectivity index (χ4n) is 3.68. The summed E-state index contributed by atoms with van der Waals surface area (Å²) in [5.41, 5.74) is 8.80. The van der Waals surface area contributed by atoms with E-state index in [-0.39, 0.29) is 10.8 Å². The number of aryl methyl sites for hydroxylation is 1. The maximum Gasteiger partial charge on any atom is 0.0158 e. The summed E-state index contributed by atoms with van der Waals surface area (Å²) in [5, 5.41) is 0. The van der Waals surface area contributed by atoms with Crippen LogP contribution in [0.3, 0.4) is 0 Å². The van der Waals surface area contributed by atoms with Crippen LogP contribution in [0.4, 0.5) is 0 Å². The van der Waals surface area contributed by atoms with Gasteiger partial charge in [0.15, 0.2) is 0 Å². The van der Waals surface area contributed by atoms with Gasteiger partial charge in [-0.15, -0.1) is 0 Å². The molecule has 3 rings (SSSR count). The minimum Gasteiger partial charge on any atom is -0.0988 e. The van der Waals surface area contributed by atoms with Gasteiger partial charge in [-0.05, 0) is 47.1 Å². The summed E-state index contributed by atoms with van der Waals surface area (Å²) < 4.78 is 0. The van der Waals surface area contributed by atoms with Crippen LogP contribution in [0.5, 0.6) is 0 Å². The van der Waals surface area contributed by atoms with Crippen molar-refractivity contribution in [1.29, 1.82) is 0 Å². The lowest BCUT2D eigenvalue weighted by Crippen LogP contribution is -2.14. The second-order valence-electron chi connectivity index (χ2n) is 9.12. The molecule has 32 heavy (non-hydrogen) atoms. The Morgan fingerprint density at radius 1 is 0.875 bits per heavy atom. The van der Waals surface area contributed by atoms with Crippen molar-refractivity contribution in [2.24, 2.45) is 5.41 Å². The van der Waals surface area contributed by atoms with E-state index in [4.69, 9.17) is 0 Å². The van der Waals surface area contributed by atoms with E-state index in [0.717, 1.165) is 0 Å². The summed E-state index contributed by atoms with van der Waals surface area (Å²) in [7, 11) is 0. The largest absolute Gasteiger partial charge is 0.0988 e. The minimum absolute atomic E-state index is 0.151. The molecule has 0 radical (unpaired) electrons. The van der Waals surface area contributed by atoms with E-state index in [1.165, 1.54) is 39.8 Å². The Morgan fingerprint density at radius 3 is 1.75 bits per heavy atom. The summed E-state index contributed by atoms with van der Waals surface area (Å²) in [4.78, 5) is 0. The molecule has 0 nitrogen and oxygen atoms in total. The van der Waals surface area contributed by atoms with Gasteiger partial charge in [-0.25, -0.2) is 0 Å². The van der Waals surface area contributed by atoms with Crippen LogP contribution in [0, 0.1) is 12.3 Å². The highest BCUT2D eigenvalue weighted by molar-refractivity contribution is 5.80. The fourth-order valence-corrected chi connectivity index (χ4v) is 3.68. The molecule has 1 aliphatic rings. The van der Waals surface area contributed by atoms with Crippen LogP contribution in [-0.4, -0.2) is 0 Å². The predicted octanol–water partition coefficient (Wildman–Crippen LogP) is 10.9. The lowest BCUT2D eigenvalue weighted by Gasteiger charge is -2.21. The molecular weight excluding hydrogens is 384 g/mol. The van der Waals surface area contributed by atoms with Crippen molar-refractivity contribution in [2.75, 3.05) is 0 Å². The third-order valence-electron chi connectivity index (χ3n) is 5.14. The Labute approximate surface area is 201 Å². The molecule has 180 valence electrons. The maximum absolute atomic E-state index is 3.73. The molecular formula is C32H52. The Hall–Kier alpha value is -2.08. The molecule has 0 heteroatoms. The normalized spacial score (nSPS) is 12.6. The molecule has 0 spiro atoms. The van der Waals surface area contributed by atoms with Crippen molar-refractivity contribution in [3.63, 3.8) is 0 Å². The third-order valence-corrected chi connectivity index (χ3v) is 5.14. The SMILES string of the molecule is C=C/C(=C\C)C(C)(C)C.CC.CC.CCC.Cc1ccc2c(c1)C(C)(C)c1ccccc1-2. The van der Waals surface area contributed by atoms with Crippen molar-refractivity contribution >= 4 is 0 Å². The van der Waals surface area contributed by atoms with Gasteiger partial charge in [-0.2, -0.15) is 0 Å². The van der Waals surface area contributed by atoms with Crippen molar-refractivity contribution in [2.45, 2.75) is 102 Å². The van der Waals surface area contributed by atoms with Gasteiger partial charge >= 0.3 is 0 Å². The van der Waals surface area contributed by atoms with Gasteiger partial charge in [0.1, 0.15) is 0 Å². The summed E-state index contributed by atoms with van der Waals surface area (Å²) in [6, 6.07) is 15.6. The summed E-state index contributed by atoms with van der Waals surface area (Å²) >= 11 is 0. The van der Waals surface area contributed by atoms with Crippen molar-refractivity contribution in [3.8, 4) is 11.1 Å². The molecule has 0 fully saturated rings. The van der Waals surface area contributed by atoms with Crippen molar-refractivity contribution in [1.82, 2.24) is 0 Å². The number of benzene rings is 2. The van der Waals surface area contributed by atoms with E-state index in [1.54, 1.807) is 0 Å². The Bertz CT molecular complexity index is 810. The average molecular weight is 437 g/mol. The van der Waals surface area contributed by atoms with Gasteiger partial charge in [0.2, 0.25) is 0 Å². The van der Waals surface area contributed by atoms with Crippen molar-refractivity contribution < 1.29 is 0 Å². The highest BCUT2D eigenvalue weighted by Crippen LogP contribution is 2.48. The van der Waals surface area contributed by atoms with E-state index in [2.05, 4.69) is 111 Å². The highest BCUT2D eigenvalue weighted by Gasteiger charge is 2.34. The molecule has 0 bridgehead atoms. The second-order valence-corrected chi connectivity index (χ2v) is 9.12. The zero-order valence-electron chi connectivity index (χ0n) is 23.6. The highest BCUT2D eigenvalue weighted by atomic mass is 14.4. The van der Waals surface area contributed by atoms with E-state index in [0.29, 0.717) is 0 Å². The number of rotatable bonds is 1. The molecule has 0 heterocycles. The number of hydrogen-bond donors (Lipinski definition) is 0. The van der Waals surface area contributed by atoms with Crippen LogP contribution in [-0.2, 0) is 5.41 Å². The van der Waals surface area contributed by atoms with Gasteiger partial charge in [0.05, 0.1) is 0 Å². The van der Waals surface area contributed by atoms with E-state index < -0.39 is 0 Å². The zero-order chi connectivity index (χ0) is 25.5. The molecule has 0 saturated heterocycles. The second kappa shape index (κ2) is 15.7. The van der Waals surface area contributed by atoms with Gasteiger partial charge in [-0.1, -0.05) is 149 Å². The quantitative estimate of drug-likeness (QED) is 0.390.